The molecular formula is C18H21ClN2O5. The Kier molecular flexibility index (Phi) is 6.41. The number of aryl methyl sites for hydroxylation is 1. The first kappa shape index (κ1) is 19.5. The number of methoxy groups -OCH3 is 2. The first-order valence-corrected chi connectivity index (χ1v) is 7.80. The monoisotopic (exact) mass is 380 g/mol. The van der Waals surface area contributed by atoms with Gasteiger partial charge in [0.25, 0.3) is 0 Å². The second-order valence-corrected chi connectivity index (χ2v) is 5.53. The Morgan fingerprint density at radius 3 is 2.50 bits per heavy atom. The Hall–Kier alpha value is -2.80. The lowest BCUT2D eigenvalue weighted by Crippen LogP contribution is -2.13. The summed E-state index contributed by atoms with van der Waals surface area (Å²) in [6.07, 6.45) is 0.875. The predicted octanol–water partition coefficient (Wildman–Crippen LogP) is 3.01. The maximum atomic E-state index is 12.2. The number of nitrogens with two attached hydrogens (primary N) is 1. The van der Waals surface area contributed by atoms with Gasteiger partial charge in [-0.25, -0.2) is 0 Å². The summed E-state index contributed by atoms with van der Waals surface area (Å²) >= 11 is 0. The van der Waals surface area contributed by atoms with Gasteiger partial charge in [-0.05, 0) is 24.1 Å². The van der Waals surface area contributed by atoms with Gasteiger partial charge in [0.05, 0.1) is 25.6 Å². The molecule has 1 aliphatic rings. The lowest BCUT2D eigenvalue weighted by molar-refractivity contribution is -0.116. The summed E-state index contributed by atoms with van der Waals surface area (Å²) in [7, 11) is 3.16. The number of nitrogens with one attached hydrogen (secondary N) is 1. The Balaban J connectivity index is 0.00000243. The van der Waals surface area contributed by atoms with Crippen molar-refractivity contribution in [1.82, 2.24) is 0 Å². The number of carbonyl (C=O) groups is 1. The third kappa shape index (κ3) is 4.23. The molecule has 8 heteroatoms. The maximum absolute atomic E-state index is 12.2. The average molecular weight is 381 g/mol. The van der Waals surface area contributed by atoms with Crippen molar-refractivity contribution in [2.75, 3.05) is 32.1 Å². The van der Waals surface area contributed by atoms with Crippen LogP contribution in [-0.2, 0) is 11.2 Å². The molecule has 0 atom stereocenters. The minimum Gasteiger partial charge on any atom is -0.493 e. The Labute approximate surface area is 157 Å². The van der Waals surface area contributed by atoms with Gasteiger partial charge in [0.1, 0.15) is 0 Å². The topological polar surface area (TPSA) is 92.0 Å². The Morgan fingerprint density at radius 2 is 1.81 bits per heavy atom. The fourth-order valence-electron chi connectivity index (χ4n) is 2.57. The van der Waals surface area contributed by atoms with E-state index in [0.717, 1.165) is 5.56 Å². The fourth-order valence-corrected chi connectivity index (χ4v) is 2.57. The molecule has 0 saturated heterocycles. The van der Waals surface area contributed by atoms with Crippen LogP contribution in [0.1, 0.15) is 12.0 Å². The molecular weight excluding hydrogens is 360 g/mol. The summed E-state index contributed by atoms with van der Waals surface area (Å²) in [4.78, 5) is 12.2. The van der Waals surface area contributed by atoms with Crippen molar-refractivity contribution in [3.05, 3.63) is 35.9 Å². The first-order chi connectivity index (χ1) is 12.1. The highest BCUT2D eigenvalue weighted by Crippen LogP contribution is 2.38. The average Bonchev–Trinajstić information content (AvgIpc) is 3.07. The van der Waals surface area contributed by atoms with Crippen molar-refractivity contribution in [2.24, 2.45) is 0 Å². The van der Waals surface area contributed by atoms with Crippen LogP contribution in [0.25, 0.3) is 0 Å². The number of hydrogen-bond donors (Lipinski definition) is 2. The molecule has 0 aliphatic carbocycles. The number of fused-ring (bicyclic) bond motifs is 1. The van der Waals surface area contributed by atoms with Gasteiger partial charge in [0.2, 0.25) is 12.7 Å². The lowest BCUT2D eigenvalue weighted by atomic mass is 10.1. The lowest BCUT2D eigenvalue weighted by Gasteiger charge is -2.11. The van der Waals surface area contributed by atoms with Crippen molar-refractivity contribution in [2.45, 2.75) is 12.8 Å². The predicted molar refractivity (Wildman–Crippen MR) is 101 cm³/mol. The van der Waals surface area contributed by atoms with Crippen LogP contribution in [0.2, 0.25) is 0 Å². The van der Waals surface area contributed by atoms with Crippen molar-refractivity contribution in [3.8, 4) is 23.0 Å². The zero-order valence-electron chi connectivity index (χ0n) is 14.5. The fraction of sp³-hybridized carbons (Fsp3) is 0.278. The van der Waals surface area contributed by atoms with Gasteiger partial charge < -0.3 is 30.0 Å². The minimum absolute atomic E-state index is 0. The molecule has 0 fully saturated rings. The molecule has 1 heterocycles. The maximum Gasteiger partial charge on any atom is 0.231 e. The van der Waals surface area contributed by atoms with E-state index in [1.54, 1.807) is 26.4 Å². The standard InChI is InChI=1S/C18H20N2O5.ClH/c1-22-14-5-3-11(7-15(14)23-2)4-6-18(21)20-13-9-17-16(8-12(13)19)24-10-25-17;/h3,5,7-9H,4,6,10,19H2,1-2H3,(H,20,21);1H. The SMILES string of the molecule is COc1ccc(CCC(=O)Nc2cc3c(cc2N)OCO3)cc1OC.Cl. The van der Waals surface area contributed by atoms with Crippen molar-refractivity contribution >= 4 is 29.7 Å². The van der Waals surface area contributed by atoms with Crippen LogP contribution in [0, 0.1) is 0 Å². The summed E-state index contributed by atoms with van der Waals surface area (Å²) in [6.45, 7) is 0.158. The number of anilines is 2. The third-order valence-electron chi connectivity index (χ3n) is 3.91. The van der Waals surface area contributed by atoms with E-state index in [0.29, 0.717) is 47.2 Å². The second kappa shape index (κ2) is 8.53. The van der Waals surface area contributed by atoms with Crippen molar-refractivity contribution in [3.63, 3.8) is 0 Å². The Morgan fingerprint density at radius 1 is 1.12 bits per heavy atom. The van der Waals surface area contributed by atoms with Gasteiger partial charge in [-0.1, -0.05) is 6.07 Å². The molecule has 0 spiro atoms. The molecule has 2 aromatic carbocycles. The molecule has 0 saturated carbocycles. The largest absolute Gasteiger partial charge is 0.493 e. The van der Waals surface area contributed by atoms with Crippen LogP contribution < -0.4 is 30.0 Å². The van der Waals surface area contributed by atoms with Crippen LogP contribution in [0.15, 0.2) is 30.3 Å². The molecule has 7 nitrogen and oxygen atoms in total. The van der Waals surface area contributed by atoms with Crippen molar-refractivity contribution < 1.29 is 23.7 Å². The second-order valence-electron chi connectivity index (χ2n) is 5.53. The van der Waals surface area contributed by atoms with Crippen LogP contribution in [0.4, 0.5) is 11.4 Å². The van der Waals surface area contributed by atoms with Gasteiger partial charge in [-0.15, -0.1) is 12.4 Å². The number of carbonyl (C=O) groups excluding carboxylic acids is 1. The highest BCUT2D eigenvalue weighted by atomic mass is 35.5. The number of hydrogen-bond acceptors (Lipinski definition) is 6. The van der Waals surface area contributed by atoms with E-state index >= 15 is 0 Å². The number of halogens is 1. The molecule has 0 aromatic heterocycles. The summed E-state index contributed by atoms with van der Waals surface area (Å²) < 4.78 is 21.0. The van der Waals surface area contributed by atoms with E-state index in [1.165, 1.54) is 0 Å². The van der Waals surface area contributed by atoms with E-state index in [4.69, 9.17) is 24.7 Å². The normalized spacial score (nSPS) is 11.5. The van der Waals surface area contributed by atoms with Crippen molar-refractivity contribution in [1.29, 1.82) is 0 Å². The van der Waals surface area contributed by atoms with Gasteiger partial charge in [-0.3, -0.25) is 4.79 Å². The molecule has 26 heavy (non-hydrogen) atoms. The zero-order valence-corrected chi connectivity index (χ0v) is 15.4. The van der Waals surface area contributed by atoms with E-state index in [9.17, 15) is 4.79 Å². The molecule has 1 amide bonds. The van der Waals surface area contributed by atoms with Gasteiger partial charge in [-0.2, -0.15) is 0 Å². The molecule has 0 bridgehead atoms. The highest BCUT2D eigenvalue weighted by molar-refractivity contribution is 5.94. The first-order valence-electron chi connectivity index (χ1n) is 7.80. The number of rotatable bonds is 6. The van der Waals surface area contributed by atoms with E-state index in [2.05, 4.69) is 5.32 Å². The molecule has 1 aliphatic heterocycles. The number of ether oxygens (including phenoxy) is 4. The molecule has 3 rings (SSSR count). The highest BCUT2D eigenvalue weighted by Gasteiger charge is 2.17. The molecule has 140 valence electrons. The smallest absolute Gasteiger partial charge is 0.231 e. The molecule has 0 unspecified atom stereocenters. The van der Waals surface area contributed by atoms with Gasteiger partial charge in [0.15, 0.2) is 23.0 Å². The number of benzene rings is 2. The van der Waals surface area contributed by atoms with Crippen LogP contribution >= 0.6 is 12.4 Å². The summed E-state index contributed by atoms with van der Waals surface area (Å²) in [5, 5.41) is 2.81. The number of nitrogen functional groups attached to an aromatic ring is 1. The zero-order chi connectivity index (χ0) is 17.8. The summed E-state index contributed by atoms with van der Waals surface area (Å²) in [5.41, 5.74) is 7.87. The van der Waals surface area contributed by atoms with E-state index in [-0.39, 0.29) is 25.1 Å². The molecule has 3 N–H and O–H groups in total. The van der Waals surface area contributed by atoms with Crippen LogP contribution in [-0.4, -0.2) is 26.9 Å². The third-order valence-corrected chi connectivity index (χ3v) is 3.91. The summed E-state index contributed by atoms with van der Waals surface area (Å²) in [6, 6.07) is 8.91. The van der Waals surface area contributed by atoms with Crippen LogP contribution in [0.3, 0.4) is 0 Å². The quantitative estimate of drug-likeness (QED) is 0.748. The van der Waals surface area contributed by atoms with Gasteiger partial charge >= 0.3 is 0 Å². The van der Waals surface area contributed by atoms with Gasteiger partial charge in [0, 0.05) is 18.6 Å². The summed E-state index contributed by atoms with van der Waals surface area (Å²) in [5.74, 6) is 2.31. The van der Waals surface area contributed by atoms with E-state index < -0.39 is 0 Å². The molecule has 2 aromatic rings. The van der Waals surface area contributed by atoms with Crippen LogP contribution in [0.5, 0.6) is 23.0 Å². The Bertz CT molecular complexity index is 797. The number of amides is 1. The van der Waals surface area contributed by atoms with E-state index in [1.807, 2.05) is 18.2 Å². The molecule has 0 radical (unpaired) electrons. The minimum atomic E-state index is -0.139.